The third-order valence-corrected chi connectivity index (χ3v) is 5.37. The SMILES string of the molecule is CC(C)(C)c1cccc(-c2cccc(C(CC(=O)O)c3nccs3)c2)c1. The summed E-state index contributed by atoms with van der Waals surface area (Å²) >= 11 is 1.50. The second-order valence-electron chi connectivity index (χ2n) is 7.48. The molecule has 0 fully saturated rings. The number of thiazole rings is 1. The van der Waals surface area contributed by atoms with Crippen molar-refractivity contribution in [1.29, 1.82) is 0 Å². The van der Waals surface area contributed by atoms with E-state index in [-0.39, 0.29) is 17.8 Å². The molecule has 1 atom stereocenters. The van der Waals surface area contributed by atoms with Crippen molar-refractivity contribution in [2.24, 2.45) is 0 Å². The fraction of sp³-hybridized carbons (Fsp3) is 0.273. The van der Waals surface area contributed by atoms with Gasteiger partial charge in [-0.1, -0.05) is 69.3 Å². The van der Waals surface area contributed by atoms with Gasteiger partial charge in [-0.3, -0.25) is 4.79 Å². The van der Waals surface area contributed by atoms with Gasteiger partial charge in [0.25, 0.3) is 0 Å². The second kappa shape index (κ2) is 7.42. The molecule has 0 radical (unpaired) electrons. The van der Waals surface area contributed by atoms with E-state index in [2.05, 4.69) is 62.2 Å². The molecule has 26 heavy (non-hydrogen) atoms. The predicted octanol–water partition coefficient (Wildman–Crippen LogP) is 5.71. The number of carbonyl (C=O) groups is 1. The van der Waals surface area contributed by atoms with Crippen LogP contribution in [-0.2, 0) is 10.2 Å². The first-order valence-electron chi connectivity index (χ1n) is 8.66. The van der Waals surface area contributed by atoms with Crippen LogP contribution in [-0.4, -0.2) is 16.1 Å². The van der Waals surface area contributed by atoms with Crippen molar-refractivity contribution in [3.8, 4) is 11.1 Å². The molecule has 0 bridgehead atoms. The zero-order valence-corrected chi connectivity index (χ0v) is 16.1. The number of benzene rings is 2. The summed E-state index contributed by atoms with van der Waals surface area (Å²) in [4.78, 5) is 15.7. The molecule has 3 nitrogen and oxygen atoms in total. The average Bonchev–Trinajstić information content (AvgIpc) is 3.13. The van der Waals surface area contributed by atoms with Crippen molar-refractivity contribution in [1.82, 2.24) is 4.98 Å². The van der Waals surface area contributed by atoms with Crippen LogP contribution in [0.2, 0.25) is 0 Å². The topological polar surface area (TPSA) is 50.2 Å². The number of rotatable bonds is 5. The molecule has 0 aliphatic carbocycles. The number of aliphatic carboxylic acids is 1. The minimum absolute atomic E-state index is 0.0407. The molecule has 2 aromatic carbocycles. The average molecular weight is 365 g/mol. The maximum Gasteiger partial charge on any atom is 0.304 e. The Morgan fingerprint density at radius 2 is 1.81 bits per heavy atom. The summed E-state index contributed by atoms with van der Waals surface area (Å²) in [6, 6.07) is 16.7. The van der Waals surface area contributed by atoms with Crippen molar-refractivity contribution in [2.45, 2.75) is 38.5 Å². The van der Waals surface area contributed by atoms with Gasteiger partial charge in [0.2, 0.25) is 0 Å². The molecule has 4 heteroatoms. The Bertz CT molecular complexity index is 895. The van der Waals surface area contributed by atoms with E-state index in [9.17, 15) is 9.90 Å². The quantitative estimate of drug-likeness (QED) is 0.629. The van der Waals surface area contributed by atoms with Gasteiger partial charge < -0.3 is 5.11 Å². The zero-order valence-electron chi connectivity index (χ0n) is 15.3. The van der Waals surface area contributed by atoms with Gasteiger partial charge in [0.1, 0.15) is 5.01 Å². The lowest BCUT2D eigenvalue weighted by atomic mass is 9.85. The summed E-state index contributed by atoms with van der Waals surface area (Å²) in [6.07, 6.45) is 1.77. The van der Waals surface area contributed by atoms with Crippen LogP contribution in [0.15, 0.2) is 60.1 Å². The molecule has 0 aliphatic heterocycles. The molecule has 0 aliphatic rings. The van der Waals surface area contributed by atoms with Crippen molar-refractivity contribution < 1.29 is 9.90 Å². The van der Waals surface area contributed by atoms with Crippen LogP contribution in [0.25, 0.3) is 11.1 Å². The van der Waals surface area contributed by atoms with E-state index in [4.69, 9.17) is 0 Å². The van der Waals surface area contributed by atoms with Gasteiger partial charge in [0, 0.05) is 17.5 Å². The van der Waals surface area contributed by atoms with Gasteiger partial charge in [-0.15, -0.1) is 11.3 Å². The number of carboxylic acids is 1. The molecule has 3 aromatic rings. The number of hydrogen-bond acceptors (Lipinski definition) is 3. The summed E-state index contributed by atoms with van der Waals surface area (Å²) in [6.45, 7) is 6.61. The van der Waals surface area contributed by atoms with E-state index in [1.807, 2.05) is 17.5 Å². The molecular weight excluding hydrogens is 342 g/mol. The lowest BCUT2D eigenvalue weighted by Crippen LogP contribution is -2.10. The maximum atomic E-state index is 11.4. The third-order valence-electron chi connectivity index (χ3n) is 4.48. The molecule has 3 rings (SSSR count). The van der Waals surface area contributed by atoms with E-state index in [1.165, 1.54) is 16.9 Å². The Hall–Kier alpha value is -2.46. The molecular formula is C22H23NO2S. The number of aromatic nitrogens is 1. The third kappa shape index (κ3) is 4.20. The highest BCUT2D eigenvalue weighted by atomic mass is 32.1. The van der Waals surface area contributed by atoms with E-state index in [0.29, 0.717) is 0 Å². The summed E-state index contributed by atoms with van der Waals surface area (Å²) in [5, 5.41) is 12.1. The van der Waals surface area contributed by atoms with E-state index in [0.717, 1.165) is 21.7 Å². The van der Waals surface area contributed by atoms with Crippen LogP contribution < -0.4 is 0 Å². The Labute approximate surface area is 158 Å². The van der Waals surface area contributed by atoms with Crippen molar-refractivity contribution in [2.75, 3.05) is 0 Å². The van der Waals surface area contributed by atoms with Crippen molar-refractivity contribution >= 4 is 17.3 Å². The minimum Gasteiger partial charge on any atom is -0.481 e. The number of carboxylic acid groups (broad SMARTS) is 1. The lowest BCUT2D eigenvalue weighted by Gasteiger charge is -2.20. The Morgan fingerprint density at radius 1 is 1.12 bits per heavy atom. The van der Waals surface area contributed by atoms with Crippen molar-refractivity contribution in [3.63, 3.8) is 0 Å². The number of hydrogen-bond donors (Lipinski definition) is 1. The fourth-order valence-electron chi connectivity index (χ4n) is 3.03. The highest BCUT2D eigenvalue weighted by Crippen LogP contribution is 2.33. The zero-order chi connectivity index (χ0) is 18.7. The van der Waals surface area contributed by atoms with E-state index >= 15 is 0 Å². The minimum atomic E-state index is -0.815. The number of nitrogens with zero attached hydrogens (tertiary/aromatic N) is 1. The summed E-state index contributed by atoms with van der Waals surface area (Å²) in [5.74, 6) is -1.04. The lowest BCUT2D eigenvalue weighted by molar-refractivity contribution is -0.137. The van der Waals surface area contributed by atoms with Crippen LogP contribution in [0.3, 0.4) is 0 Å². The normalized spacial score (nSPS) is 12.7. The van der Waals surface area contributed by atoms with Crippen LogP contribution in [0.5, 0.6) is 0 Å². The molecule has 134 valence electrons. The van der Waals surface area contributed by atoms with Crippen LogP contribution in [0.4, 0.5) is 0 Å². The molecule has 1 aromatic heterocycles. The maximum absolute atomic E-state index is 11.4. The van der Waals surface area contributed by atoms with Crippen LogP contribution in [0.1, 0.15) is 49.2 Å². The van der Waals surface area contributed by atoms with Gasteiger partial charge in [0.15, 0.2) is 0 Å². The smallest absolute Gasteiger partial charge is 0.304 e. The van der Waals surface area contributed by atoms with Crippen LogP contribution in [0, 0.1) is 0 Å². The molecule has 1 heterocycles. The first-order chi connectivity index (χ1) is 12.3. The monoisotopic (exact) mass is 365 g/mol. The second-order valence-corrected chi connectivity index (χ2v) is 8.40. The first kappa shape index (κ1) is 18.3. The molecule has 0 saturated carbocycles. The highest BCUT2D eigenvalue weighted by Gasteiger charge is 2.21. The highest BCUT2D eigenvalue weighted by molar-refractivity contribution is 7.09. The van der Waals surface area contributed by atoms with Crippen molar-refractivity contribution in [3.05, 3.63) is 76.2 Å². The molecule has 0 saturated heterocycles. The Kier molecular flexibility index (Phi) is 5.23. The predicted molar refractivity (Wildman–Crippen MR) is 107 cm³/mol. The van der Waals surface area contributed by atoms with Gasteiger partial charge in [-0.05, 0) is 27.7 Å². The first-order valence-corrected chi connectivity index (χ1v) is 9.54. The van der Waals surface area contributed by atoms with Gasteiger partial charge in [0.05, 0.1) is 6.42 Å². The molecule has 0 spiro atoms. The molecule has 1 N–H and O–H groups in total. The van der Waals surface area contributed by atoms with E-state index < -0.39 is 5.97 Å². The molecule has 0 amide bonds. The Morgan fingerprint density at radius 3 is 2.42 bits per heavy atom. The van der Waals surface area contributed by atoms with Crippen LogP contribution >= 0.6 is 11.3 Å². The largest absolute Gasteiger partial charge is 0.481 e. The summed E-state index contributed by atoms with van der Waals surface area (Å²) in [5.41, 5.74) is 4.59. The standard InChI is InChI=1S/C22H23NO2S/c1-22(2,3)18-9-5-7-16(13-18)15-6-4-8-17(12-15)19(14-20(24)25)21-23-10-11-26-21/h4-13,19H,14H2,1-3H3,(H,24,25). The van der Waals surface area contributed by atoms with Gasteiger partial charge in [-0.25, -0.2) is 4.98 Å². The van der Waals surface area contributed by atoms with E-state index in [1.54, 1.807) is 6.20 Å². The summed E-state index contributed by atoms with van der Waals surface area (Å²) in [7, 11) is 0. The van der Waals surface area contributed by atoms with Gasteiger partial charge in [-0.2, -0.15) is 0 Å². The summed E-state index contributed by atoms with van der Waals surface area (Å²) < 4.78 is 0. The Balaban J connectivity index is 2.01. The fourth-order valence-corrected chi connectivity index (χ4v) is 3.80. The molecule has 1 unspecified atom stereocenters. The van der Waals surface area contributed by atoms with Gasteiger partial charge >= 0.3 is 5.97 Å².